The first kappa shape index (κ1) is 15.5. The monoisotopic (exact) mass is 280 g/mol. The molecule has 0 aliphatic carbocycles. The Morgan fingerprint density at radius 2 is 2.30 bits per heavy atom. The molecule has 0 saturated carbocycles. The zero-order valence-corrected chi connectivity index (χ0v) is 12.6. The molecule has 1 saturated heterocycles. The van der Waals surface area contributed by atoms with Gasteiger partial charge >= 0.3 is 0 Å². The summed E-state index contributed by atoms with van der Waals surface area (Å²) in [5.41, 5.74) is 1.18. The maximum absolute atomic E-state index is 8.84. The summed E-state index contributed by atoms with van der Waals surface area (Å²) in [6.07, 6.45) is 9.19. The van der Waals surface area contributed by atoms with E-state index in [0.717, 1.165) is 19.1 Å². The number of piperidine rings is 1. The Kier molecular flexibility index (Phi) is 6.50. The predicted octanol–water partition coefficient (Wildman–Crippen LogP) is 1.23. The SMILES string of the molecule is CC1CCCCN1CCCNCc1cnn(CCO)c1. The van der Waals surface area contributed by atoms with Crippen LogP contribution in [0.15, 0.2) is 12.4 Å². The lowest BCUT2D eigenvalue weighted by Crippen LogP contribution is -2.38. The molecule has 0 amide bonds. The molecule has 2 rings (SSSR count). The fourth-order valence-electron chi connectivity index (χ4n) is 2.85. The Labute approximate surface area is 122 Å². The second kappa shape index (κ2) is 8.39. The van der Waals surface area contributed by atoms with E-state index in [4.69, 9.17) is 5.11 Å². The van der Waals surface area contributed by atoms with Gasteiger partial charge in [-0.1, -0.05) is 6.42 Å². The van der Waals surface area contributed by atoms with E-state index >= 15 is 0 Å². The van der Waals surface area contributed by atoms with Gasteiger partial charge in [0, 0.05) is 24.3 Å². The van der Waals surface area contributed by atoms with Crippen LogP contribution in [0.5, 0.6) is 0 Å². The van der Waals surface area contributed by atoms with Crippen LogP contribution in [0.25, 0.3) is 0 Å². The van der Waals surface area contributed by atoms with Gasteiger partial charge in [-0.15, -0.1) is 0 Å². The molecule has 1 aliphatic heterocycles. The Hall–Kier alpha value is -0.910. The quantitative estimate of drug-likeness (QED) is 0.703. The normalized spacial score (nSPS) is 20.4. The van der Waals surface area contributed by atoms with Gasteiger partial charge < -0.3 is 15.3 Å². The van der Waals surface area contributed by atoms with Gasteiger partial charge in [-0.3, -0.25) is 4.68 Å². The van der Waals surface area contributed by atoms with Gasteiger partial charge in [0.25, 0.3) is 0 Å². The van der Waals surface area contributed by atoms with Gasteiger partial charge in [0.2, 0.25) is 0 Å². The molecule has 1 aromatic rings. The van der Waals surface area contributed by atoms with E-state index in [1.54, 1.807) is 4.68 Å². The van der Waals surface area contributed by atoms with Gasteiger partial charge in [0.15, 0.2) is 0 Å². The third-order valence-corrected chi connectivity index (χ3v) is 4.08. The molecule has 1 aliphatic rings. The summed E-state index contributed by atoms with van der Waals surface area (Å²) in [5.74, 6) is 0. The molecule has 0 spiro atoms. The molecule has 2 N–H and O–H groups in total. The second-order valence-corrected chi connectivity index (χ2v) is 5.75. The minimum Gasteiger partial charge on any atom is -0.394 e. The largest absolute Gasteiger partial charge is 0.394 e. The van der Waals surface area contributed by atoms with Crippen molar-refractivity contribution in [3.63, 3.8) is 0 Å². The van der Waals surface area contributed by atoms with Crippen molar-refractivity contribution in [1.82, 2.24) is 20.0 Å². The molecule has 1 unspecified atom stereocenters. The van der Waals surface area contributed by atoms with Crippen LogP contribution in [0.4, 0.5) is 0 Å². The topological polar surface area (TPSA) is 53.3 Å². The van der Waals surface area contributed by atoms with E-state index in [2.05, 4.69) is 22.2 Å². The van der Waals surface area contributed by atoms with Crippen LogP contribution < -0.4 is 5.32 Å². The van der Waals surface area contributed by atoms with Crippen LogP contribution in [0, 0.1) is 0 Å². The molecular weight excluding hydrogens is 252 g/mol. The van der Waals surface area contributed by atoms with Crippen molar-refractivity contribution in [2.24, 2.45) is 0 Å². The van der Waals surface area contributed by atoms with Crippen molar-refractivity contribution in [2.45, 2.75) is 51.7 Å². The molecule has 5 heteroatoms. The second-order valence-electron chi connectivity index (χ2n) is 5.75. The number of hydrogen-bond donors (Lipinski definition) is 2. The Morgan fingerprint density at radius 3 is 3.10 bits per heavy atom. The molecule has 1 atom stereocenters. The molecule has 1 aromatic heterocycles. The van der Waals surface area contributed by atoms with Crippen molar-refractivity contribution >= 4 is 0 Å². The minimum absolute atomic E-state index is 0.141. The van der Waals surface area contributed by atoms with Crippen molar-refractivity contribution in [3.8, 4) is 0 Å². The fraction of sp³-hybridized carbons (Fsp3) is 0.800. The Morgan fingerprint density at radius 1 is 1.40 bits per heavy atom. The summed E-state index contributed by atoms with van der Waals surface area (Å²) in [4.78, 5) is 2.62. The van der Waals surface area contributed by atoms with Crippen molar-refractivity contribution in [1.29, 1.82) is 0 Å². The standard InChI is InChI=1S/C15H28N4O/c1-14-5-2-3-7-18(14)8-4-6-16-11-15-12-17-19(13-15)9-10-20/h12-14,16,20H,2-11H2,1H3. The van der Waals surface area contributed by atoms with Crippen LogP contribution in [-0.4, -0.2) is 52.1 Å². The third-order valence-electron chi connectivity index (χ3n) is 4.08. The summed E-state index contributed by atoms with van der Waals surface area (Å²) in [5, 5.41) is 16.5. The summed E-state index contributed by atoms with van der Waals surface area (Å²) >= 11 is 0. The van der Waals surface area contributed by atoms with Crippen molar-refractivity contribution in [3.05, 3.63) is 18.0 Å². The lowest BCUT2D eigenvalue weighted by Gasteiger charge is -2.33. The van der Waals surface area contributed by atoms with Crippen LogP contribution in [0.3, 0.4) is 0 Å². The molecule has 0 radical (unpaired) electrons. The van der Waals surface area contributed by atoms with Crippen LogP contribution in [-0.2, 0) is 13.1 Å². The van der Waals surface area contributed by atoms with Gasteiger partial charge in [-0.2, -0.15) is 5.10 Å². The van der Waals surface area contributed by atoms with Crippen molar-refractivity contribution < 1.29 is 5.11 Å². The first-order chi connectivity index (χ1) is 9.79. The van der Waals surface area contributed by atoms with E-state index < -0.39 is 0 Å². The first-order valence-electron chi connectivity index (χ1n) is 7.86. The number of rotatable bonds is 8. The van der Waals surface area contributed by atoms with Crippen molar-refractivity contribution in [2.75, 3.05) is 26.2 Å². The molecular formula is C15H28N4O. The maximum Gasteiger partial charge on any atom is 0.0640 e. The van der Waals surface area contributed by atoms with E-state index in [-0.39, 0.29) is 6.61 Å². The average Bonchev–Trinajstić information content (AvgIpc) is 2.88. The Bertz CT molecular complexity index is 380. The van der Waals surface area contributed by atoms with E-state index in [9.17, 15) is 0 Å². The molecule has 0 aromatic carbocycles. The number of nitrogens with zero attached hydrogens (tertiary/aromatic N) is 3. The fourth-order valence-corrected chi connectivity index (χ4v) is 2.85. The lowest BCUT2D eigenvalue weighted by atomic mass is 10.0. The van der Waals surface area contributed by atoms with E-state index in [0.29, 0.717) is 6.54 Å². The highest BCUT2D eigenvalue weighted by Crippen LogP contribution is 2.16. The zero-order chi connectivity index (χ0) is 14.2. The average molecular weight is 280 g/mol. The zero-order valence-electron chi connectivity index (χ0n) is 12.6. The minimum atomic E-state index is 0.141. The van der Waals surface area contributed by atoms with E-state index in [1.165, 1.54) is 44.3 Å². The Balaban J connectivity index is 1.56. The highest BCUT2D eigenvalue weighted by molar-refractivity contribution is 5.03. The number of hydrogen-bond acceptors (Lipinski definition) is 4. The number of likely N-dealkylation sites (tertiary alicyclic amines) is 1. The van der Waals surface area contributed by atoms with Gasteiger partial charge in [-0.25, -0.2) is 0 Å². The van der Waals surface area contributed by atoms with Gasteiger partial charge in [0.05, 0.1) is 19.3 Å². The molecule has 1 fully saturated rings. The number of aliphatic hydroxyl groups is 1. The summed E-state index contributed by atoms with van der Waals surface area (Å²) in [6, 6.07) is 0.764. The first-order valence-corrected chi connectivity index (χ1v) is 7.86. The van der Waals surface area contributed by atoms with Gasteiger partial charge in [-0.05, 0) is 45.8 Å². The van der Waals surface area contributed by atoms with Crippen LogP contribution >= 0.6 is 0 Å². The number of aromatic nitrogens is 2. The molecule has 2 heterocycles. The summed E-state index contributed by atoms with van der Waals surface area (Å²) in [6.45, 7) is 7.46. The molecule has 20 heavy (non-hydrogen) atoms. The van der Waals surface area contributed by atoms with E-state index in [1.807, 2.05) is 12.4 Å². The predicted molar refractivity (Wildman–Crippen MR) is 80.5 cm³/mol. The highest BCUT2D eigenvalue weighted by atomic mass is 16.3. The molecule has 0 bridgehead atoms. The maximum atomic E-state index is 8.84. The number of aliphatic hydroxyl groups excluding tert-OH is 1. The smallest absolute Gasteiger partial charge is 0.0640 e. The summed E-state index contributed by atoms with van der Waals surface area (Å²) < 4.78 is 1.78. The third kappa shape index (κ3) is 4.89. The van der Waals surface area contributed by atoms with Gasteiger partial charge in [0.1, 0.15) is 0 Å². The lowest BCUT2D eigenvalue weighted by molar-refractivity contribution is 0.159. The van der Waals surface area contributed by atoms with Crippen LogP contribution in [0.2, 0.25) is 0 Å². The number of nitrogens with one attached hydrogen (secondary N) is 1. The molecule has 114 valence electrons. The summed E-state index contributed by atoms with van der Waals surface area (Å²) in [7, 11) is 0. The van der Waals surface area contributed by atoms with Crippen LogP contribution in [0.1, 0.15) is 38.2 Å². The highest BCUT2D eigenvalue weighted by Gasteiger charge is 2.16. The molecule has 5 nitrogen and oxygen atoms in total.